The summed E-state index contributed by atoms with van der Waals surface area (Å²) in [6, 6.07) is 9.24. The predicted molar refractivity (Wildman–Crippen MR) is 115 cm³/mol. The lowest BCUT2D eigenvalue weighted by Gasteiger charge is -2.25. The number of aliphatic hydroxyl groups excluding tert-OH is 1. The van der Waals surface area contributed by atoms with Crippen molar-refractivity contribution in [3.05, 3.63) is 70.0 Å². The van der Waals surface area contributed by atoms with Crippen LogP contribution in [-0.4, -0.2) is 48.6 Å². The normalized spacial score (nSPS) is 17.9. The lowest BCUT2D eigenvalue weighted by molar-refractivity contribution is -0.140. The molecule has 1 saturated heterocycles. The number of halogens is 2. The van der Waals surface area contributed by atoms with E-state index in [1.807, 2.05) is 0 Å². The maximum Gasteiger partial charge on any atom is 0.295 e. The third kappa shape index (κ3) is 4.73. The third-order valence-electron chi connectivity index (χ3n) is 4.98. The number of hydrogen-bond donors (Lipinski definition) is 1. The first kappa shape index (κ1) is 22.8. The summed E-state index contributed by atoms with van der Waals surface area (Å²) in [6.07, 6.45) is 0.497. The van der Waals surface area contributed by atoms with Gasteiger partial charge >= 0.3 is 0 Å². The molecule has 0 aromatic heterocycles. The number of hydrogen-bond acceptors (Lipinski definition) is 5. The average Bonchev–Trinajstić information content (AvgIpc) is 3.00. The molecule has 2 aromatic rings. The topological polar surface area (TPSA) is 76.1 Å². The third-order valence-corrected chi connectivity index (χ3v) is 5.29. The lowest BCUT2D eigenvalue weighted by Crippen LogP contribution is -2.31. The smallest absolute Gasteiger partial charge is 0.295 e. The highest BCUT2D eigenvalue weighted by molar-refractivity contribution is 6.46. The number of rotatable bonds is 8. The van der Waals surface area contributed by atoms with Crippen LogP contribution in [0.1, 0.15) is 30.5 Å². The van der Waals surface area contributed by atoms with Gasteiger partial charge in [0.05, 0.1) is 23.2 Å². The van der Waals surface area contributed by atoms with Gasteiger partial charge in [-0.25, -0.2) is 4.39 Å². The first-order valence-corrected chi connectivity index (χ1v) is 10.2. The number of aliphatic hydroxyl groups is 1. The van der Waals surface area contributed by atoms with E-state index in [4.69, 9.17) is 21.1 Å². The van der Waals surface area contributed by atoms with Gasteiger partial charge in [0.15, 0.2) is 0 Å². The first-order valence-electron chi connectivity index (χ1n) is 9.84. The van der Waals surface area contributed by atoms with Crippen LogP contribution in [-0.2, 0) is 14.3 Å². The van der Waals surface area contributed by atoms with Gasteiger partial charge in [-0.05, 0) is 49.2 Å². The van der Waals surface area contributed by atoms with Crippen molar-refractivity contribution in [1.82, 2.24) is 4.90 Å². The second kappa shape index (κ2) is 9.94. The van der Waals surface area contributed by atoms with Gasteiger partial charge in [0, 0.05) is 25.8 Å². The molecule has 6 nitrogen and oxygen atoms in total. The first-order chi connectivity index (χ1) is 14.9. The Morgan fingerprint density at radius 3 is 2.55 bits per heavy atom. The van der Waals surface area contributed by atoms with Gasteiger partial charge in [0.2, 0.25) is 0 Å². The minimum absolute atomic E-state index is 0.0706. The Morgan fingerprint density at radius 2 is 1.90 bits per heavy atom. The van der Waals surface area contributed by atoms with Crippen LogP contribution in [0.5, 0.6) is 5.75 Å². The maximum atomic E-state index is 13.5. The van der Waals surface area contributed by atoms with Gasteiger partial charge in [-0.2, -0.15) is 0 Å². The molecule has 2 aromatic carbocycles. The van der Waals surface area contributed by atoms with Crippen LogP contribution >= 0.6 is 11.6 Å². The van der Waals surface area contributed by atoms with Gasteiger partial charge in [-0.3, -0.25) is 9.59 Å². The van der Waals surface area contributed by atoms with E-state index in [2.05, 4.69) is 0 Å². The molecule has 31 heavy (non-hydrogen) atoms. The van der Waals surface area contributed by atoms with E-state index in [1.165, 1.54) is 35.2 Å². The molecule has 3 rings (SSSR count). The monoisotopic (exact) mass is 447 g/mol. The van der Waals surface area contributed by atoms with Crippen molar-refractivity contribution in [1.29, 1.82) is 0 Å². The summed E-state index contributed by atoms with van der Waals surface area (Å²) in [6.45, 7) is 2.79. The van der Waals surface area contributed by atoms with E-state index in [9.17, 15) is 19.1 Å². The summed E-state index contributed by atoms with van der Waals surface area (Å²) < 4.78 is 24.0. The molecule has 1 N–H and O–H groups in total. The molecule has 164 valence electrons. The summed E-state index contributed by atoms with van der Waals surface area (Å²) in [4.78, 5) is 27.1. The number of carbonyl (C=O) groups excluding carboxylic acids is 2. The zero-order valence-corrected chi connectivity index (χ0v) is 18.0. The molecule has 1 atom stereocenters. The minimum Gasteiger partial charge on any atom is -0.507 e. The van der Waals surface area contributed by atoms with Crippen LogP contribution in [0.3, 0.4) is 0 Å². The number of benzene rings is 2. The fraction of sp³-hybridized carbons (Fsp3) is 0.304. The molecule has 1 aliphatic heterocycles. The van der Waals surface area contributed by atoms with Gasteiger partial charge in [-0.15, -0.1) is 0 Å². The molecule has 0 radical (unpaired) electrons. The van der Waals surface area contributed by atoms with E-state index >= 15 is 0 Å². The second-order valence-electron chi connectivity index (χ2n) is 6.97. The van der Waals surface area contributed by atoms with E-state index in [-0.39, 0.29) is 23.4 Å². The van der Waals surface area contributed by atoms with Crippen LogP contribution < -0.4 is 4.74 Å². The SMILES string of the molecule is CCOc1cc(/C(O)=C2/C(=O)C(=O)N(CCCOC)C2c2ccc(F)cc2)ccc1Cl. The van der Waals surface area contributed by atoms with Crippen LogP contribution in [0.2, 0.25) is 5.02 Å². The molecule has 1 heterocycles. The average molecular weight is 448 g/mol. The largest absolute Gasteiger partial charge is 0.507 e. The number of nitrogens with zero attached hydrogens (tertiary/aromatic N) is 1. The molecule has 0 bridgehead atoms. The Labute approximate surface area is 184 Å². The van der Waals surface area contributed by atoms with Crippen molar-refractivity contribution >= 4 is 29.1 Å². The number of amides is 1. The molecule has 1 aliphatic rings. The second-order valence-corrected chi connectivity index (χ2v) is 7.38. The summed E-state index contributed by atoms with van der Waals surface area (Å²) in [7, 11) is 1.54. The zero-order chi connectivity index (χ0) is 22.5. The number of ketones is 1. The summed E-state index contributed by atoms with van der Waals surface area (Å²) in [5.41, 5.74) is 0.729. The van der Waals surface area contributed by atoms with Crippen LogP contribution in [0.25, 0.3) is 5.76 Å². The van der Waals surface area contributed by atoms with Gasteiger partial charge in [-0.1, -0.05) is 23.7 Å². The minimum atomic E-state index is -0.858. The lowest BCUT2D eigenvalue weighted by atomic mass is 9.95. The van der Waals surface area contributed by atoms with Crippen LogP contribution in [0, 0.1) is 5.82 Å². The van der Waals surface area contributed by atoms with Crippen molar-refractivity contribution in [3.63, 3.8) is 0 Å². The van der Waals surface area contributed by atoms with Gasteiger partial charge in [0.1, 0.15) is 17.3 Å². The van der Waals surface area contributed by atoms with E-state index in [0.29, 0.717) is 36.0 Å². The fourth-order valence-electron chi connectivity index (χ4n) is 3.55. The summed E-state index contributed by atoms with van der Waals surface area (Å²) >= 11 is 6.13. The number of methoxy groups -OCH3 is 1. The molecule has 1 fully saturated rings. The van der Waals surface area contributed by atoms with Gasteiger partial charge < -0.3 is 19.5 Å². The highest BCUT2D eigenvalue weighted by Crippen LogP contribution is 2.40. The molecule has 1 unspecified atom stereocenters. The number of carbonyl (C=O) groups is 2. The predicted octanol–water partition coefficient (Wildman–Crippen LogP) is 4.34. The number of likely N-dealkylation sites (tertiary alicyclic amines) is 1. The summed E-state index contributed by atoms with van der Waals surface area (Å²) in [5.74, 6) is -1.98. The Balaban J connectivity index is 2.12. The zero-order valence-electron chi connectivity index (χ0n) is 17.2. The molecular formula is C23H23ClFNO5. The van der Waals surface area contributed by atoms with Crippen molar-refractivity contribution in [2.75, 3.05) is 26.9 Å². The molecule has 0 spiro atoms. The van der Waals surface area contributed by atoms with Crippen LogP contribution in [0.15, 0.2) is 48.0 Å². The Morgan fingerprint density at radius 1 is 1.19 bits per heavy atom. The van der Waals surface area contributed by atoms with Crippen LogP contribution in [0.4, 0.5) is 4.39 Å². The summed E-state index contributed by atoms with van der Waals surface area (Å²) in [5, 5.41) is 11.4. The molecule has 1 amide bonds. The van der Waals surface area contributed by atoms with Crippen molar-refractivity contribution in [3.8, 4) is 5.75 Å². The van der Waals surface area contributed by atoms with Gasteiger partial charge in [0.25, 0.3) is 11.7 Å². The Hall–Kier alpha value is -2.90. The van der Waals surface area contributed by atoms with E-state index in [0.717, 1.165) is 0 Å². The number of Topliss-reactive ketones (excluding diaryl/α,β-unsaturated/α-hetero) is 1. The van der Waals surface area contributed by atoms with Crippen molar-refractivity contribution in [2.24, 2.45) is 0 Å². The van der Waals surface area contributed by atoms with Crippen molar-refractivity contribution in [2.45, 2.75) is 19.4 Å². The highest BCUT2D eigenvalue weighted by Gasteiger charge is 2.45. The quantitative estimate of drug-likeness (QED) is 0.282. The standard InChI is InChI=1S/C23H23ClFNO5/c1-3-31-18-13-15(7-10-17(18)24)21(27)19-20(14-5-8-16(25)9-6-14)26(11-4-12-30-2)23(29)22(19)28/h5-10,13,20,27H,3-4,11-12H2,1-2H3/b21-19-. The molecule has 8 heteroatoms. The fourth-order valence-corrected chi connectivity index (χ4v) is 3.73. The molecule has 0 saturated carbocycles. The molecule has 0 aliphatic carbocycles. The Bertz CT molecular complexity index is 1010. The number of ether oxygens (including phenoxy) is 2. The van der Waals surface area contributed by atoms with E-state index < -0.39 is 23.5 Å². The van der Waals surface area contributed by atoms with Crippen molar-refractivity contribution < 1.29 is 28.6 Å². The Kier molecular flexibility index (Phi) is 7.30. The molecular weight excluding hydrogens is 425 g/mol. The highest BCUT2D eigenvalue weighted by atomic mass is 35.5. The maximum absolute atomic E-state index is 13.5. The van der Waals surface area contributed by atoms with E-state index in [1.54, 1.807) is 26.2 Å².